The van der Waals surface area contributed by atoms with Crippen LogP contribution in [0.3, 0.4) is 0 Å². The summed E-state index contributed by atoms with van der Waals surface area (Å²) in [7, 11) is 0. The normalized spacial score (nSPS) is 24.5. The first kappa shape index (κ1) is 8.54. The molecule has 0 saturated carbocycles. The molecule has 11 heavy (non-hydrogen) atoms. The van der Waals surface area contributed by atoms with Crippen LogP contribution in [0.15, 0.2) is 23.8 Å². The summed E-state index contributed by atoms with van der Waals surface area (Å²) < 4.78 is 5.60. The van der Waals surface area contributed by atoms with E-state index in [2.05, 4.69) is 25.2 Å². The van der Waals surface area contributed by atoms with Crippen molar-refractivity contribution in [2.75, 3.05) is 6.61 Å². The van der Waals surface area contributed by atoms with E-state index in [1.807, 2.05) is 6.92 Å². The maximum atomic E-state index is 5.60. The average Bonchev–Trinajstić information content (AvgIpc) is 2.52. The van der Waals surface area contributed by atoms with Crippen LogP contribution in [-0.2, 0) is 4.74 Å². The van der Waals surface area contributed by atoms with Gasteiger partial charge in [-0.15, -0.1) is 0 Å². The zero-order valence-electron chi connectivity index (χ0n) is 7.34. The minimum atomic E-state index is 0.380. The van der Waals surface area contributed by atoms with E-state index in [0.717, 1.165) is 13.0 Å². The maximum absolute atomic E-state index is 5.60. The van der Waals surface area contributed by atoms with Crippen LogP contribution in [0.2, 0.25) is 0 Å². The lowest BCUT2D eigenvalue weighted by atomic mass is 10.3. The van der Waals surface area contributed by atoms with E-state index in [0.29, 0.717) is 6.10 Å². The molecule has 0 N–H and O–H groups in total. The summed E-state index contributed by atoms with van der Waals surface area (Å²) >= 11 is 0. The minimum absolute atomic E-state index is 0.380. The van der Waals surface area contributed by atoms with Crippen LogP contribution < -0.4 is 0 Å². The third-order valence-corrected chi connectivity index (χ3v) is 1.99. The second-order valence-corrected chi connectivity index (χ2v) is 2.99. The largest absolute Gasteiger partial charge is 0.370 e. The lowest BCUT2D eigenvalue weighted by molar-refractivity contribution is 0.104. The van der Waals surface area contributed by atoms with Gasteiger partial charge in [-0.25, -0.2) is 0 Å². The van der Waals surface area contributed by atoms with Gasteiger partial charge >= 0.3 is 0 Å². The molecule has 0 heterocycles. The fraction of sp³-hybridized carbons (Fsp3) is 0.600. The predicted molar refractivity (Wildman–Crippen MR) is 47.5 cm³/mol. The molecule has 0 bridgehead atoms. The van der Waals surface area contributed by atoms with Crippen LogP contribution in [0.5, 0.6) is 0 Å². The van der Waals surface area contributed by atoms with Crippen molar-refractivity contribution >= 4 is 0 Å². The highest BCUT2D eigenvalue weighted by atomic mass is 16.5. The standard InChI is InChI=1S/C10H16O/c1-3-9(2)8-11-10-6-4-5-7-10/h3-4,6,10H,5,7-8H2,1-2H3/b9-3+/t10-/m0/s1. The highest BCUT2D eigenvalue weighted by Gasteiger charge is 2.08. The van der Waals surface area contributed by atoms with Crippen molar-refractivity contribution in [2.24, 2.45) is 0 Å². The van der Waals surface area contributed by atoms with Gasteiger partial charge in [0.15, 0.2) is 0 Å². The van der Waals surface area contributed by atoms with Crippen LogP contribution in [-0.4, -0.2) is 12.7 Å². The quantitative estimate of drug-likeness (QED) is 0.565. The molecule has 1 aliphatic carbocycles. The van der Waals surface area contributed by atoms with Crippen molar-refractivity contribution in [2.45, 2.75) is 32.8 Å². The van der Waals surface area contributed by atoms with Crippen molar-refractivity contribution in [3.05, 3.63) is 23.8 Å². The van der Waals surface area contributed by atoms with Crippen LogP contribution in [0.25, 0.3) is 0 Å². The molecule has 0 aromatic carbocycles. The van der Waals surface area contributed by atoms with E-state index >= 15 is 0 Å². The van der Waals surface area contributed by atoms with Gasteiger partial charge in [0.25, 0.3) is 0 Å². The van der Waals surface area contributed by atoms with Crippen molar-refractivity contribution in [3.8, 4) is 0 Å². The first-order chi connectivity index (χ1) is 5.33. The first-order valence-electron chi connectivity index (χ1n) is 4.23. The number of hydrogen-bond acceptors (Lipinski definition) is 1. The highest BCUT2D eigenvalue weighted by molar-refractivity contribution is 5.00. The Hall–Kier alpha value is -0.560. The van der Waals surface area contributed by atoms with Crippen LogP contribution in [0, 0.1) is 0 Å². The Kier molecular flexibility index (Phi) is 3.37. The Morgan fingerprint density at radius 3 is 3.09 bits per heavy atom. The Labute approximate surface area is 68.8 Å². The molecule has 1 aliphatic rings. The van der Waals surface area contributed by atoms with Crippen molar-refractivity contribution in [3.63, 3.8) is 0 Å². The van der Waals surface area contributed by atoms with Crippen molar-refractivity contribution in [1.29, 1.82) is 0 Å². The molecule has 0 unspecified atom stereocenters. The fourth-order valence-corrected chi connectivity index (χ4v) is 1.07. The van der Waals surface area contributed by atoms with Gasteiger partial charge in [-0.1, -0.05) is 23.8 Å². The van der Waals surface area contributed by atoms with Crippen LogP contribution >= 0.6 is 0 Å². The lowest BCUT2D eigenvalue weighted by Crippen LogP contribution is -2.07. The second kappa shape index (κ2) is 4.35. The molecule has 0 spiro atoms. The third kappa shape index (κ3) is 2.89. The highest BCUT2D eigenvalue weighted by Crippen LogP contribution is 2.13. The fourth-order valence-electron chi connectivity index (χ4n) is 1.07. The summed E-state index contributed by atoms with van der Waals surface area (Å²) in [5, 5.41) is 0. The van der Waals surface area contributed by atoms with Crippen LogP contribution in [0.4, 0.5) is 0 Å². The van der Waals surface area contributed by atoms with E-state index in [9.17, 15) is 0 Å². The molecular weight excluding hydrogens is 136 g/mol. The van der Waals surface area contributed by atoms with Gasteiger partial charge in [-0.05, 0) is 26.7 Å². The number of allylic oxidation sites excluding steroid dienone is 2. The molecule has 0 saturated heterocycles. The van der Waals surface area contributed by atoms with Gasteiger partial charge < -0.3 is 4.74 Å². The van der Waals surface area contributed by atoms with E-state index < -0.39 is 0 Å². The Morgan fingerprint density at radius 2 is 2.55 bits per heavy atom. The Bertz CT molecular complexity index is 168. The third-order valence-electron chi connectivity index (χ3n) is 1.99. The van der Waals surface area contributed by atoms with Gasteiger partial charge in [0.1, 0.15) is 0 Å². The molecule has 0 aromatic rings. The minimum Gasteiger partial charge on any atom is -0.370 e. The van der Waals surface area contributed by atoms with E-state index in [1.54, 1.807) is 0 Å². The summed E-state index contributed by atoms with van der Waals surface area (Å²) in [6.07, 6.45) is 9.17. The molecule has 0 amide bonds. The van der Waals surface area contributed by atoms with Gasteiger partial charge in [0, 0.05) is 0 Å². The van der Waals surface area contributed by atoms with Gasteiger partial charge in [0.05, 0.1) is 12.7 Å². The average molecular weight is 152 g/mol. The van der Waals surface area contributed by atoms with Gasteiger partial charge in [-0.3, -0.25) is 0 Å². The summed E-state index contributed by atoms with van der Waals surface area (Å²) in [4.78, 5) is 0. The zero-order chi connectivity index (χ0) is 8.10. The number of rotatable bonds is 3. The topological polar surface area (TPSA) is 9.23 Å². The van der Waals surface area contributed by atoms with E-state index in [1.165, 1.54) is 12.0 Å². The molecule has 1 heteroatoms. The number of hydrogen-bond donors (Lipinski definition) is 0. The number of ether oxygens (including phenoxy) is 1. The molecular formula is C10H16O. The summed E-state index contributed by atoms with van der Waals surface area (Å²) in [6, 6.07) is 0. The zero-order valence-corrected chi connectivity index (χ0v) is 7.34. The van der Waals surface area contributed by atoms with Crippen molar-refractivity contribution in [1.82, 2.24) is 0 Å². The molecule has 0 aliphatic heterocycles. The molecule has 1 rings (SSSR count). The van der Waals surface area contributed by atoms with E-state index in [-0.39, 0.29) is 0 Å². The van der Waals surface area contributed by atoms with Crippen LogP contribution in [0.1, 0.15) is 26.7 Å². The Morgan fingerprint density at radius 1 is 1.73 bits per heavy atom. The summed E-state index contributed by atoms with van der Waals surface area (Å²) in [5.41, 5.74) is 1.31. The monoisotopic (exact) mass is 152 g/mol. The predicted octanol–water partition coefficient (Wildman–Crippen LogP) is 2.69. The summed E-state index contributed by atoms with van der Waals surface area (Å²) in [6.45, 7) is 4.92. The summed E-state index contributed by atoms with van der Waals surface area (Å²) in [5.74, 6) is 0. The van der Waals surface area contributed by atoms with Gasteiger partial charge in [-0.2, -0.15) is 0 Å². The molecule has 0 aromatic heterocycles. The Balaban J connectivity index is 2.16. The van der Waals surface area contributed by atoms with Crippen molar-refractivity contribution < 1.29 is 4.74 Å². The maximum Gasteiger partial charge on any atom is 0.0763 e. The smallest absolute Gasteiger partial charge is 0.0763 e. The molecule has 62 valence electrons. The molecule has 1 atom stereocenters. The SMILES string of the molecule is C/C=C(\C)CO[C@H]1C=CCC1. The van der Waals surface area contributed by atoms with Gasteiger partial charge in [0.2, 0.25) is 0 Å². The second-order valence-electron chi connectivity index (χ2n) is 2.99. The first-order valence-corrected chi connectivity index (χ1v) is 4.23. The lowest BCUT2D eigenvalue weighted by Gasteiger charge is -2.09. The molecule has 0 fully saturated rings. The molecule has 1 nitrogen and oxygen atoms in total. The molecule has 0 radical (unpaired) electrons. The van der Waals surface area contributed by atoms with E-state index in [4.69, 9.17) is 4.74 Å².